The first-order valence-electron chi connectivity index (χ1n) is 9.51. The van der Waals surface area contributed by atoms with Crippen LogP contribution in [0.4, 0.5) is 5.69 Å². The minimum Gasteiger partial charge on any atom is -0.325 e. The van der Waals surface area contributed by atoms with Crippen LogP contribution >= 0.6 is 11.3 Å². The van der Waals surface area contributed by atoms with Crippen molar-refractivity contribution in [1.82, 2.24) is 15.1 Å². The van der Waals surface area contributed by atoms with Gasteiger partial charge in [0.05, 0.1) is 6.54 Å². The number of benzene rings is 1. The van der Waals surface area contributed by atoms with Gasteiger partial charge in [-0.15, -0.1) is 21.5 Å². The van der Waals surface area contributed by atoms with Gasteiger partial charge in [0.25, 0.3) is 0 Å². The SMILES string of the molecule is Cc1ccc(C)c(NC(=O)CN2CCC(c3nnc(C4CC4)s3)CC2)c1. The van der Waals surface area contributed by atoms with E-state index in [1.165, 1.54) is 22.9 Å². The number of carbonyl (C=O) groups excluding carboxylic acids is 1. The van der Waals surface area contributed by atoms with Crippen LogP contribution in [0.3, 0.4) is 0 Å². The maximum atomic E-state index is 12.4. The fourth-order valence-corrected chi connectivity index (χ4v) is 4.69. The Hall–Kier alpha value is -1.79. The quantitative estimate of drug-likeness (QED) is 0.868. The lowest BCUT2D eigenvalue weighted by Crippen LogP contribution is -2.38. The van der Waals surface area contributed by atoms with Gasteiger partial charge in [0.15, 0.2) is 0 Å². The zero-order chi connectivity index (χ0) is 18.1. The third kappa shape index (κ3) is 4.13. The molecule has 0 atom stereocenters. The molecule has 0 bridgehead atoms. The molecule has 2 heterocycles. The predicted octanol–water partition coefficient (Wildman–Crippen LogP) is 3.85. The third-order valence-corrected chi connectivity index (χ3v) is 6.60. The van der Waals surface area contributed by atoms with Crippen LogP contribution < -0.4 is 5.32 Å². The van der Waals surface area contributed by atoms with Crippen LogP contribution in [-0.4, -0.2) is 40.6 Å². The number of amides is 1. The summed E-state index contributed by atoms with van der Waals surface area (Å²) in [5.41, 5.74) is 3.19. The highest BCUT2D eigenvalue weighted by atomic mass is 32.1. The highest BCUT2D eigenvalue weighted by molar-refractivity contribution is 7.11. The molecule has 1 N–H and O–H groups in total. The first-order valence-corrected chi connectivity index (χ1v) is 10.3. The highest BCUT2D eigenvalue weighted by Gasteiger charge is 2.30. The van der Waals surface area contributed by atoms with E-state index in [0.29, 0.717) is 18.4 Å². The van der Waals surface area contributed by atoms with E-state index in [1.807, 2.05) is 37.3 Å². The van der Waals surface area contributed by atoms with Gasteiger partial charge < -0.3 is 5.32 Å². The standard InChI is InChI=1S/C20H26N4OS/c1-13-3-4-14(2)17(11-13)21-18(25)12-24-9-7-16(8-10-24)20-23-22-19(26-20)15-5-6-15/h3-4,11,15-16H,5-10,12H2,1-2H3,(H,21,25). The molecule has 138 valence electrons. The number of aromatic nitrogens is 2. The summed E-state index contributed by atoms with van der Waals surface area (Å²) in [6.45, 7) is 6.43. The van der Waals surface area contributed by atoms with Crippen molar-refractivity contribution in [3.05, 3.63) is 39.3 Å². The first kappa shape index (κ1) is 17.6. The number of hydrogen-bond donors (Lipinski definition) is 1. The van der Waals surface area contributed by atoms with Crippen LogP contribution in [0.2, 0.25) is 0 Å². The van der Waals surface area contributed by atoms with Gasteiger partial charge in [-0.2, -0.15) is 0 Å². The lowest BCUT2D eigenvalue weighted by atomic mass is 9.98. The van der Waals surface area contributed by atoms with Gasteiger partial charge in [0, 0.05) is 17.5 Å². The van der Waals surface area contributed by atoms with Crippen LogP contribution in [-0.2, 0) is 4.79 Å². The summed E-state index contributed by atoms with van der Waals surface area (Å²) in [5.74, 6) is 1.28. The van der Waals surface area contributed by atoms with Crippen molar-refractivity contribution in [2.24, 2.45) is 0 Å². The van der Waals surface area contributed by atoms with Gasteiger partial charge in [-0.3, -0.25) is 9.69 Å². The number of nitrogens with one attached hydrogen (secondary N) is 1. The second kappa shape index (κ2) is 7.45. The van der Waals surface area contributed by atoms with Gasteiger partial charge in [0.2, 0.25) is 5.91 Å². The van der Waals surface area contributed by atoms with Crippen LogP contribution in [0.15, 0.2) is 18.2 Å². The zero-order valence-corrected chi connectivity index (χ0v) is 16.3. The molecule has 26 heavy (non-hydrogen) atoms. The number of anilines is 1. The Balaban J connectivity index is 1.27. The van der Waals surface area contributed by atoms with Gasteiger partial charge in [-0.25, -0.2) is 0 Å². The van der Waals surface area contributed by atoms with E-state index < -0.39 is 0 Å². The lowest BCUT2D eigenvalue weighted by molar-refractivity contribution is -0.117. The van der Waals surface area contributed by atoms with Gasteiger partial charge in [0.1, 0.15) is 10.0 Å². The number of hydrogen-bond acceptors (Lipinski definition) is 5. The van der Waals surface area contributed by atoms with Crippen LogP contribution in [0.1, 0.15) is 58.7 Å². The molecule has 1 saturated carbocycles. The van der Waals surface area contributed by atoms with E-state index in [-0.39, 0.29) is 5.91 Å². The molecule has 0 spiro atoms. The van der Waals surface area contributed by atoms with Gasteiger partial charge in [-0.1, -0.05) is 12.1 Å². The van der Waals surface area contributed by atoms with Crippen molar-refractivity contribution in [2.75, 3.05) is 25.0 Å². The number of likely N-dealkylation sites (tertiary alicyclic amines) is 1. The van der Waals surface area contributed by atoms with Crippen molar-refractivity contribution in [3.63, 3.8) is 0 Å². The molecule has 1 aromatic carbocycles. The normalized spacial score (nSPS) is 18.8. The van der Waals surface area contributed by atoms with Crippen molar-refractivity contribution in [2.45, 2.75) is 51.4 Å². The fraction of sp³-hybridized carbons (Fsp3) is 0.550. The lowest BCUT2D eigenvalue weighted by Gasteiger charge is -2.30. The molecule has 1 aliphatic carbocycles. The maximum absolute atomic E-state index is 12.4. The molecule has 1 aliphatic heterocycles. The summed E-state index contributed by atoms with van der Waals surface area (Å²) in [6.07, 6.45) is 4.69. The molecular formula is C20H26N4OS. The summed E-state index contributed by atoms with van der Waals surface area (Å²) < 4.78 is 0. The second-order valence-corrected chi connectivity index (χ2v) is 8.71. The van der Waals surface area contributed by atoms with Crippen LogP contribution in [0, 0.1) is 13.8 Å². The van der Waals surface area contributed by atoms with Crippen molar-refractivity contribution in [1.29, 1.82) is 0 Å². The molecule has 5 nitrogen and oxygen atoms in total. The largest absolute Gasteiger partial charge is 0.325 e. The Labute approximate surface area is 158 Å². The molecule has 0 radical (unpaired) electrons. The summed E-state index contributed by atoms with van der Waals surface area (Å²) in [7, 11) is 0. The Morgan fingerprint density at radius 3 is 2.42 bits per heavy atom. The van der Waals surface area contributed by atoms with E-state index >= 15 is 0 Å². The van der Waals surface area contributed by atoms with Crippen LogP contribution in [0.5, 0.6) is 0 Å². The Morgan fingerprint density at radius 2 is 1.77 bits per heavy atom. The average Bonchev–Trinajstić information content (AvgIpc) is 3.36. The maximum Gasteiger partial charge on any atom is 0.238 e. The molecule has 2 fully saturated rings. The molecule has 2 aliphatic rings. The van der Waals surface area contributed by atoms with E-state index in [4.69, 9.17) is 0 Å². The first-order chi connectivity index (χ1) is 12.6. The number of rotatable bonds is 5. The van der Waals surface area contributed by atoms with Crippen LogP contribution in [0.25, 0.3) is 0 Å². The summed E-state index contributed by atoms with van der Waals surface area (Å²) in [5, 5.41) is 14.3. The fourth-order valence-electron chi connectivity index (χ4n) is 3.51. The highest BCUT2D eigenvalue weighted by Crippen LogP contribution is 2.43. The predicted molar refractivity (Wildman–Crippen MR) is 105 cm³/mol. The minimum absolute atomic E-state index is 0.0732. The van der Waals surface area contributed by atoms with E-state index in [0.717, 1.165) is 42.7 Å². The minimum atomic E-state index is 0.0732. The molecule has 1 saturated heterocycles. The second-order valence-electron chi connectivity index (χ2n) is 7.67. The van der Waals surface area contributed by atoms with Crippen molar-refractivity contribution >= 4 is 22.9 Å². The topological polar surface area (TPSA) is 58.1 Å². The van der Waals surface area contributed by atoms with E-state index in [9.17, 15) is 4.79 Å². The Bertz CT molecular complexity index is 791. The van der Waals surface area contributed by atoms with Gasteiger partial charge >= 0.3 is 0 Å². The summed E-state index contributed by atoms with van der Waals surface area (Å²) >= 11 is 1.81. The molecule has 0 unspecified atom stereocenters. The number of nitrogens with zero attached hydrogens (tertiary/aromatic N) is 3. The molecule has 2 aromatic rings. The number of piperidine rings is 1. The average molecular weight is 371 g/mol. The summed E-state index contributed by atoms with van der Waals surface area (Å²) in [6, 6.07) is 6.15. The van der Waals surface area contributed by atoms with E-state index in [1.54, 1.807) is 0 Å². The third-order valence-electron chi connectivity index (χ3n) is 5.35. The molecule has 1 aromatic heterocycles. The zero-order valence-electron chi connectivity index (χ0n) is 15.5. The molecule has 6 heteroatoms. The summed E-state index contributed by atoms with van der Waals surface area (Å²) in [4.78, 5) is 14.7. The Kier molecular flexibility index (Phi) is 5.05. The number of aryl methyl sites for hydroxylation is 2. The van der Waals surface area contributed by atoms with Crippen molar-refractivity contribution in [3.8, 4) is 0 Å². The van der Waals surface area contributed by atoms with Gasteiger partial charge in [-0.05, 0) is 69.8 Å². The Morgan fingerprint density at radius 1 is 1.12 bits per heavy atom. The smallest absolute Gasteiger partial charge is 0.238 e. The molecule has 4 rings (SSSR count). The van der Waals surface area contributed by atoms with Crippen molar-refractivity contribution < 1.29 is 4.79 Å². The van der Waals surface area contributed by atoms with E-state index in [2.05, 4.69) is 26.5 Å². The molecule has 1 amide bonds. The molecular weight excluding hydrogens is 344 g/mol. The monoisotopic (exact) mass is 370 g/mol. The number of carbonyl (C=O) groups is 1.